The molecular formula is C25H32N4O3. The van der Waals surface area contributed by atoms with Crippen molar-refractivity contribution in [2.45, 2.75) is 25.9 Å². The minimum Gasteiger partial charge on any atom is -0.490 e. The van der Waals surface area contributed by atoms with Gasteiger partial charge in [-0.05, 0) is 37.7 Å². The molecule has 2 aliphatic heterocycles. The lowest BCUT2D eigenvalue weighted by molar-refractivity contribution is -0.135. The maximum atomic E-state index is 13.1. The summed E-state index contributed by atoms with van der Waals surface area (Å²) >= 11 is 0. The van der Waals surface area contributed by atoms with E-state index in [1.807, 2.05) is 53.1 Å². The number of amides is 2. The number of rotatable bonds is 5. The Morgan fingerprint density at radius 2 is 1.78 bits per heavy atom. The van der Waals surface area contributed by atoms with Crippen LogP contribution in [0.4, 0.5) is 0 Å². The van der Waals surface area contributed by atoms with Gasteiger partial charge in [-0.25, -0.2) is 0 Å². The number of para-hydroxylation sites is 1. The van der Waals surface area contributed by atoms with Crippen LogP contribution in [0.2, 0.25) is 0 Å². The van der Waals surface area contributed by atoms with Gasteiger partial charge in [-0.1, -0.05) is 18.2 Å². The zero-order valence-electron chi connectivity index (χ0n) is 18.9. The number of pyridine rings is 1. The predicted molar refractivity (Wildman–Crippen MR) is 123 cm³/mol. The van der Waals surface area contributed by atoms with E-state index in [1.165, 1.54) is 0 Å². The molecule has 32 heavy (non-hydrogen) atoms. The fourth-order valence-electron chi connectivity index (χ4n) is 4.48. The van der Waals surface area contributed by atoms with Crippen LogP contribution in [0.1, 0.15) is 28.8 Å². The molecule has 0 N–H and O–H groups in total. The molecule has 170 valence electrons. The Balaban J connectivity index is 1.47. The quantitative estimate of drug-likeness (QED) is 0.721. The van der Waals surface area contributed by atoms with Crippen molar-refractivity contribution in [3.05, 3.63) is 59.9 Å². The van der Waals surface area contributed by atoms with Crippen molar-refractivity contribution in [2.24, 2.45) is 5.92 Å². The second-order valence-corrected chi connectivity index (χ2v) is 8.91. The van der Waals surface area contributed by atoms with Crippen LogP contribution >= 0.6 is 0 Å². The number of benzene rings is 1. The van der Waals surface area contributed by atoms with Crippen LogP contribution < -0.4 is 4.74 Å². The fraction of sp³-hybridized carbons (Fsp3) is 0.480. The molecule has 3 heterocycles. The summed E-state index contributed by atoms with van der Waals surface area (Å²) in [5, 5.41) is 0. The molecule has 4 rings (SSSR count). The standard InChI is InChI=1S/C25H32N4O3/c1-19-14-20(17-26-16-19)25(31)29-9-8-23(32-22-6-4-3-5-7-22)21(18-29)15-24(30)28-12-10-27(2)11-13-28/h3-7,14,16-17,21,23H,8-13,15,18H2,1-2H3/t21-,23-/m0/s1. The van der Waals surface area contributed by atoms with Gasteiger partial charge in [0.2, 0.25) is 5.91 Å². The smallest absolute Gasteiger partial charge is 0.255 e. The van der Waals surface area contributed by atoms with Crippen LogP contribution in [0.15, 0.2) is 48.8 Å². The highest BCUT2D eigenvalue weighted by atomic mass is 16.5. The molecular weight excluding hydrogens is 404 g/mol. The van der Waals surface area contributed by atoms with E-state index in [0.29, 0.717) is 31.5 Å². The zero-order chi connectivity index (χ0) is 22.5. The number of hydrogen-bond acceptors (Lipinski definition) is 5. The topological polar surface area (TPSA) is 66.0 Å². The molecule has 2 aromatic rings. The summed E-state index contributed by atoms with van der Waals surface area (Å²) in [4.78, 5) is 36.4. The Kier molecular flexibility index (Phi) is 7.05. The number of piperidine rings is 1. The lowest BCUT2D eigenvalue weighted by Gasteiger charge is -2.40. The van der Waals surface area contributed by atoms with Crippen molar-refractivity contribution < 1.29 is 14.3 Å². The second kappa shape index (κ2) is 10.1. The first kappa shape index (κ1) is 22.3. The third-order valence-corrected chi connectivity index (χ3v) is 6.40. The molecule has 1 aromatic heterocycles. The first-order valence-electron chi connectivity index (χ1n) is 11.4. The summed E-state index contributed by atoms with van der Waals surface area (Å²) in [6.45, 7) is 6.33. The SMILES string of the molecule is Cc1cncc(C(=O)N2CC[C@H](Oc3ccccc3)[C@@H](CC(=O)N3CCN(C)CC3)C2)c1. The van der Waals surface area contributed by atoms with Crippen LogP contribution in [0, 0.1) is 12.8 Å². The van der Waals surface area contributed by atoms with E-state index in [-0.39, 0.29) is 23.8 Å². The van der Waals surface area contributed by atoms with Gasteiger partial charge in [-0.3, -0.25) is 14.6 Å². The van der Waals surface area contributed by atoms with Crippen LogP contribution in [-0.4, -0.2) is 83.9 Å². The number of nitrogens with zero attached hydrogens (tertiary/aromatic N) is 4. The molecule has 0 spiro atoms. The molecule has 2 amide bonds. The van der Waals surface area contributed by atoms with Gasteiger partial charge >= 0.3 is 0 Å². The van der Waals surface area contributed by atoms with Gasteiger partial charge in [0.1, 0.15) is 11.9 Å². The van der Waals surface area contributed by atoms with Gasteiger partial charge in [0.15, 0.2) is 0 Å². The average Bonchev–Trinajstić information content (AvgIpc) is 2.81. The summed E-state index contributed by atoms with van der Waals surface area (Å²) in [6.07, 6.45) is 4.34. The van der Waals surface area contributed by atoms with Crippen molar-refractivity contribution in [1.29, 1.82) is 0 Å². The van der Waals surface area contributed by atoms with Crippen LogP contribution in [0.5, 0.6) is 5.75 Å². The van der Waals surface area contributed by atoms with Crippen molar-refractivity contribution in [1.82, 2.24) is 19.7 Å². The first-order valence-corrected chi connectivity index (χ1v) is 11.4. The first-order chi connectivity index (χ1) is 15.5. The van der Waals surface area contributed by atoms with E-state index in [9.17, 15) is 9.59 Å². The second-order valence-electron chi connectivity index (χ2n) is 8.91. The number of carbonyl (C=O) groups is 2. The van der Waals surface area contributed by atoms with E-state index in [4.69, 9.17) is 4.74 Å². The van der Waals surface area contributed by atoms with Crippen LogP contribution in [-0.2, 0) is 4.79 Å². The Labute approximate surface area is 190 Å². The normalized spacial score (nSPS) is 21.9. The zero-order valence-corrected chi connectivity index (χ0v) is 18.9. The third kappa shape index (κ3) is 5.46. The number of likely N-dealkylation sites (tertiary alicyclic amines) is 1. The van der Waals surface area contributed by atoms with E-state index >= 15 is 0 Å². The van der Waals surface area contributed by atoms with Crippen LogP contribution in [0.3, 0.4) is 0 Å². The number of aryl methyl sites for hydroxylation is 1. The number of hydrogen-bond donors (Lipinski definition) is 0. The molecule has 2 saturated heterocycles. The number of ether oxygens (including phenoxy) is 1. The number of aromatic nitrogens is 1. The van der Waals surface area contributed by atoms with Gasteiger partial charge < -0.3 is 19.4 Å². The van der Waals surface area contributed by atoms with E-state index < -0.39 is 0 Å². The van der Waals surface area contributed by atoms with Gasteiger partial charge in [0.05, 0.1) is 5.56 Å². The van der Waals surface area contributed by atoms with Crippen LogP contribution in [0.25, 0.3) is 0 Å². The Morgan fingerprint density at radius 3 is 2.50 bits per heavy atom. The van der Waals surface area contributed by atoms with E-state index in [1.54, 1.807) is 12.4 Å². The van der Waals surface area contributed by atoms with E-state index in [0.717, 1.165) is 37.5 Å². The molecule has 2 aliphatic rings. The lowest BCUT2D eigenvalue weighted by Crippen LogP contribution is -2.51. The molecule has 7 nitrogen and oxygen atoms in total. The number of carbonyl (C=O) groups excluding carboxylic acids is 2. The third-order valence-electron chi connectivity index (χ3n) is 6.40. The molecule has 0 radical (unpaired) electrons. The number of piperazine rings is 1. The average molecular weight is 437 g/mol. The summed E-state index contributed by atoms with van der Waals surface area (Å²) in [5.41, 5.74) is 1.55. The minimum absolute atomic E-state index is 0.0311. The Hall–Kier alpha value is -2.93. The molecule has 0 unspecified atom stereocenters. The number of likely N-dealkylation sites (N-methyl/N-ethyl adjacent to an activating group) is 1. The van der Waals surface area contributed by atoms with Crippen molar-refractivity contribution in [3.8, 4) is 5.75 Å². The summed E-state index contributed by atoms with van der Waals surface area (Å²) < 4.78 is 6.30. The minimum atomic E-state index is -0.103. The monoisotopic (exact) mass is 436 g/mol. The maximum Gasteiger partial charge on any atom is 0.255 e. The summed E-state index contributed by atoms with van der Waals surface area (Å²) in [5.74, 6) is 0.864. The highest BCUT2D eigenvalue weighted by molar-refractivity contribution is 5.94. The summed E-state index contributed by atoms with van der Waals surface area (Å²) in [7, 11) is 2.08. The predicted octanol–water partition coefficient (Wildman–Crippen LogP) is 2.46. The Morgan fingerprint density at radius 1 is 1.03 bits per heavy atom. The van der Waals surface area contributed by atoms with Gasteiger partial charge in [0.25, 0.3) is 5.91 Å². The molecule has 2 atom stereocenters. The van der Waals surface area contributed by atoms with Crippen molar-refractivity contribution >= 4 is 11.8 Å². The molecule has 2 fully saturated rings. The molecule has 1 aromatic carbocycles. The maximum absolute atomic E-state index is 13.1. The largest absolute Gasteiger partial charge is 0.490 e. The molecule has 0 saturated carbocycles. The summed E-state index contributed by atoms with van der Waals surface area (Å²) in [6, 6.07) is 11.6. The molecule has 0 bridgehead atoms. The van der Waals surface area contributed by atoms with Gasteiger partial charge in [-0.15, -0.1) is 0 Å². The molecule has 7 heteroatoms. The Bertz CT molecular complexity index is 928. The highest BCUT2D eigenvalue weighted by Gasteiger charge is 2.36. The molecule has 0 aliphatic carbocycles. The van der Waals surface area contributed by atoms with Gasteiger partial charge in [0, 0.05) is 70.4 Å². The van der Waals surface area contributed by atoms with Gasteiger partial charge in [-0.2, -0.15) is 0 Å². The lowest BCUT2D eigenvalue weighted by atomic mass is 9.90. The fourth-order valence-corrected chi connectivity index (χ4v) is 4.48. The highest BCUT2D eigenvalue weighted by Crippen LogP contribution is 2.27. The van der Waals surface area contributed by atoms with E-state index in [2.05, 4.69) is 16.9 Å². The van der Waals surface area contributed by atoms with Crippen molar-refractivity contribution in [3.63, 3.8) is 0 Å². The van der Waals surface area contributed by atoms with Crippen molar-refractivity contribution in [2.75, 3.05) is 46.3 Å².